The van der Waals surface area contributed by atoms with Crippen LogP contribution in [-0.2, 0) is 4.79 Å². The largest absolute Gasteiger partial charge is 0.481 e. The highest BCUT2D eigenvalue weighted by Gasteiger charge is 2.20. The van der Waals surface area contributed by atoms with Crippen LogP contribution in [0.25, 0.3) is 21.3 Å². The van der Waals surface area contributed by atoms with Gasteiger partial charge in [-0.3, -0.25) is 10.1 Å². The zero-order valence-corrected chi connectivity index (χ0v) is 17.2. The number of benzene rings is 3. The molecular formula is C22H18ClN3O2S. The van der Waals surface area contributed by atoms with Gasteiger partial charge in [0.25, 0.3) is 5.91 Å². The second-order valence-electron chi connectivity index (χ2n) is 6.43. The first-order valence-corrected chi connectivity index (χ1v) is 10.4. The summed E-state index contributed by atoms with van der Waals surface area (Å²) in [5, 5.41) is 15.0. The average Bonchev–Trinajstić information content (AvgIpc) is 3.20. The molecule has 0 radical (unpaired) electrons. The highest BCUT2D eigenvalue weighted by molar-refractivity contribution is 7.18. The minimum atomic E-state index is -0.626. The van der Waals surface area contributed by atoms with E-state index < -0.39 is 6.10 Å². The summed E-state index contributed by atoms with van der Waals surface area (Å²) in [4.78, 5) is 12.7. The number of fused-ring (bicyclic) bond motifs is 1. The molecule has 0 fully saturated rings. The van der Waals surface area contributed by atoms with Crippen LogP contribution in [0, 0.1) is 0 Å². The Bertz CT molecular complexity index is 1140. The Balaban J connectivity index is 1.45. The highest BCUT2D eigenvalue weighted by atomic mass is 35.5. The van der Waals surface area contributed by atoms with Gasteiger partial charge in [-0.1, -0.05) is 72.3 Å². The fraction of sp³-hybridized carbons (Fsp3) is 0.136. The van der Waals surface area contributed by atoms with Crippen molar-refractivity contribution in [2.24, 2.45) is 0 Å². The van der Waals surface area contributed by atoms with Crippen molar-refractivity contribution >= 4 is 44.7 Å². The van der Waals surface area contributed by atoms with Gasteiger partial charge in [-0.05, 0) is 41.5 Å². The van der Waals surface area contributed by atoms with Crippen molar-refractivity contribution in [3.63, 3.8) is 0 Å². The van der Waals surface area contributed by atoms with E-state index in [1.807, 2.05) is 61.5 Å². The molecule has 5 nitrogen and oxygen atoms in total. The molecule has 0 saturated heterocycles. The summed E-state index contributed by atoms with van der Waals surface area (Å²) in [6.45, 7) is 1.91. The summed E-state index contributed by atoms with van der Waals surface area (Å²) in [6, 6.07) is 21.1. The molecule has 1 N–H and O–H groups in total. The third-order valence-corrected chi connectivity index (χ3v) is 5.55. The van der Waals surface area contributed by atoms with Crippen molar-refractivity contribution in [3.05, 3.63) is 71.8 Å². The lowest BCUT2D eigenvalue weighted by Gasteiger charge is -2.16. The third kappa shape index (κ3) is 4.55. The smallest absolute Gasteiger partial charge is 0.267 e. The van der Waals surface area contributed by atoms with E-state index in [4.69, 9.17) is 16.3 Å². The molecule has 0 aliphatic rings. The molecule has 4 rings (SSSR count). The quantitative estimate of drug-likeness (QED) is 0.425. The Labute approximate surface area is 177 Å². The number of rotatable bonds is 6. The van der Waals surface area contributed by atoms with Gasteiger partial charge in [0.05, 0.1) is 0 Å². The predicted octanol–water partition coefficient (Wildman–Crippen LogP) is 5.81. The maximum absolute atomic E-state index is 12.7. The van der Waals surface area contributed by atoms with Gasteiger partial charge >= 0.3 is 0 Å². The van der Waals surface area contributed by atoms with E-state index in [0.717, 1.165) is 16.3 Å². The van der Waals surface area contributed by atoms with Crippen molar-refractivity contribution in [1.29, 1.82) is 0 Å². The molecule has 7 heteroatoms. The molecule has 0 aliphatic carbocycles. The normalized spacial score (nSPS) is 11.9. The van der Waals surface area contributed by atoms with Crippen LogP contribution in [0.2, 0.25) is 5.02 Å². The number of carbonyl (C=O) groups excluding carboxylic acids is 1. The molecule has 29 heavy (non-hydrogen) atoms. The number of hydrogen-bond donors (Lipinski definition) is 1. The van der Waals surface area contributed by atoms with Crippen LogP contribution in [0.3, 0.4) is 0 Å². The van der Waals surface area contributed by atoms with Crippen molar-refractivity contribution in [2.75, 3.05) is 5.32 Å². The second kappa shape index (κ2) is 8.59. The number of hydrogen-bond acceptors (Lipinski definition) is 5. The van der Waals surface area contributed by atoms with E-state index >= 15 is 0 Å². The van der Waals surface area contributed by atoms with Gasteiger partial charge in [0.15, 0.2) is 6.10 Å². The molecule has 1 amide bonds. The molecule has 3 aromatic carbocycles. The number of ether oxygens (including phenoxy) is 1. The van der Waals surface area contributed by atoms with Crippen molar-refractivity contribution < 1.29 is 9.53 Å². The molecule has 1 heterocycles. The lowest BCUT2D eigenvalue weighted by atomic mass is 10.1. The van der Waals surface area contributed by atoms with Gasteiger partial charge in [0, 0.05) is 10.6 Å². The number of halogens is 1. The maximum atomic E-state index is 12.7. The predicted molar refractivity (Wildman–Crippen MR) is 118 cm³/mol. The summed E-state index contributed by atoms with van der Waals surface area (Å²) in [6.07, 6.45) is -0.0966. The number of amides is 1. The van der Waals surface area contributed by atoms with E-state index in [1.54, 1.807) is 12.1 Å². The first-order valence-electron chi connectivity index (χ1n) is 9.18. The molecule has 1 unspecified atom stereocenters. The molecular weight excluding hydrogens is 406 g/mol. The van der Waals surface area contributed by atoms with Gasteiger partial charge in [-0.25, -0.2) is 0 Å². The second-order valence-corrected chi connectivity index (χ2v) is 7.85. The molecule has 4 aromatic rings. The first kappa shape index (κ1) is 19.4. The molecule has 146 valence electrons. The van der Waals surface area contributed by atoms with E-state index in [0.29, 0.717) is 27.3 Å². The number of aromatic nitrogens is 2. The highest BCUT2D eigenvalue weighted by Crippen LogP contribution is 2.28. The van der Waals surface area contributed by atoms with E-state index in [9.17, 15) is 4.79 Å². The maximum Gasteiger partial charge on any atom is 0.267 e. The number of nitrogens with zero attached hydrogens (tertiary/aromatic N) is 2. The lowest BCUT2D eigenvalue weighted by molar-refractivity contribution is -0.122. The van der Waals surface area contributed by atoms with Crippen molar-refractivity contribution in [2.45, 2.75) is 19.4 Å². The molecule has 0 spiro atoms. The standard InChI is InChI=1S/C22H18ClN3O2S/c1-2-19(28-18-12-9-14-5-3-4-6-16(14)13-18)20(27)24-22-26-25-21(29-22)15-7-10-17(23)11-8-15/h3-13,19H,2H2,1H3,(H,24,26,27). The number of nitrogens with one attached hydrogen (secondary N) is 1. The topological polar surface area (TPSA) is 64.1 Å². The van der Waals surface area contributed by atoms with Gasteiger partial charge in [0.1, 0.15) is 10.8 Å². The summed E-state index contributed by atoms with van der Waals surface area (Å²) >= 11 is 7.22. The Hall–Kier alpha value is -2.96. The first-order chi connectivity index (χ1) is 14.1. The zero-order valence-electron chi connectivity index (χ0n) is 15.6. The van der Waals surface area contributed by atoms with E-state index in [-0.39, 0.29) is 5.91 Å². The Morgan fingerprint density at radius 3 is 2.59 bits per heavy atom. The molecule has 0 bridgehead atoms. The molecule has 1 aromatic heterocycles. The minimum Gasteiger partial charge on any atom is -0.481 e. The van der Waals surface area contributed by atoms with Gasteiger partial charge in [-0.2, -0.15) is 0 Å². The Morgan fingerprint density at radius 1 is 1.07 bits per heavy atom. The van der Waals surface area contributed by atoms with Crippen LogP contribution in [0.15, 0.2) is 66.7 Å². The monoisotopic (exact) mass is 423 g/mol. The summed E-state index contributed by atoms with van der Waals surface area (Å²) in [7, 11) is 0. The fourth-order valence-electron chi connectivity index (χ4n) is 2.90. The summed E-state index contributed by atoms with van der Waals surface area (Å²) in [5.41, 5.74) is 0.895. The zero-order chi connectivity index (χ0) is 20.2. The van der Waals surface area contributed by atoms with Gasteiger partial charge < -0.3 is 4.74 Å². The van der Waals surface area contributed by atoms with E-state index in [1.165, 1.54) is 11.3 Å². The Morgan fingerprint density at radius 2 is 1.83 bits per heavy atom. The number of carbonyl (C=O) groups is 1. The van der Waals surface area contributed by atoms with Crippen LogP contribution in [-0.4, -0.2) is 22.2 Å². The van der Waals surface area contributed by atoms with Crippen molar-refractivity contribution in [1.82, 2.24) is 10.2 Å². The Kier molecular flexibility index (Phi) is 5.74. The SMILES string of the molecule is CCC(Oc1ccc2ccccc2c1)C(=O)Nc1nnc(-c2ccc(Cl)cc2)s1. The van der Waals surface area contributed by atoms with Crippen LogP contribution < -0.4 is 10.1 Å². The van der Waals surface area contributed by atoms with Crippen LogP contribution in [0.5, 0.6) is 5.75 Å². The molecule has 0 aliphatic heterocycles. The number of anilines is 1. The van der Waals surface area contributed by atoms with Gasteiger partial charge in [-0.15, -0.1) is 10.2 Å². The molecule has 0 saturated carbocycles. The fourth-order valence-corrected chi connectivity index (χ4v) is 3.77. The molecule has 1 atom stereocenters. The summed E-state index contributed by atoms with van der Waals surface area (Å²) < 4.78 is 5.94. The minimum absolute atomic E-state index is 0.250. The van der Waals surface area contributed by atoms with E-state index in [2.05, 4.69) is 15.5 Å². The van der Waals surface area contributed by atoms with Crippen LogP contribution in [0.4, 0.5) is 5.13 Å². The van der Waals surface area contributed by atoms with Crippen LogP contribution in [0.1, 0.15) is 13.3 Å². The van der Waals surface area contributed by atoms with Gasteiger partial charge in [0.2, 0.25) is 5.13 Å². The lowest BCUT2D eigenvalue weighted by Crippen LogP contribution is -2.32. The third-order valence-electron chi connectivity index (χ3n) is 4.41. The summed E-state index contributed by atoms with van der Waals surface area (Å²) in [5.74, 6) is 0.407. The van der Waals surface area contributed by atoms with Crippen molar-refractivity contribution in [3.8, 4) is 16.3 Å². The average molecular weight is 424 g/mol. The van der Waals surface area contributed by atoms with Crippen LogP contribution >= 0.6 is 22.9 Å².